The quantitative estimate of drug-likeness (QED) is 0.153. The summed E-state index contributed by atoms with van der Waals surface area (Å²) < 4.78 is 17.2. The Morgan fingerprint density at radius 3 is 2.14 bits per heavy atom. The third kappa shape index (κ3) is 7.35. The molecule has 4 nitrogen and oxygen atoms in total. The molecule has 0 aliphatic carbocycles. The second-order valence-electron chi connectivity index (χ2n) is 8.62. The van der Waals surface area contributed by atoms with Crippen LogP contribution in [0.5, 0.6) is 17.2 Å². The van der Waals surface area contributed by atoms with Gasteiger partial charge in [0.15, 0.2) is 0 Å². The molecule has 3 aromatic rings. The van der Waals surface area contributed by atoms with Gasteiger partial charge in [-0.05, 0) is 72.7 Å². The van der Waals surface area contributed by atoms with Crippen LogP contribution in [-0.4, -0.2) is 12.6 Å². The summed E-state index contributed by atoms with van der Waals surface area (Å²) >= 11 is 0. The van der Waals surface area contributed by atoms with Gasteiger partial charge in [-0.15, -0.1) is 0 Å². The van der Waals surface area contributed by atoms with Crippen LogP contribution in [0.15, 0.2) is 90.5 Å². The predicted molar refractivity (Wildman–Crippen MR) is 140 cm³/mol. The number of esters is 1. The fraction of sp³-hybridized carbons (Fsp3) is 0.258. The third-order valence-electron chi connectivity index (χ3n) is 5.81. The number of unbranched alkanes of at least 4 members (excludes halogenated alkanes) is 5. The van der Waals surface area contributed by atoms with Crippen molar-refractivity contribution in [2.75, 3.05) is 6.61 Å². The molecule has 3 aromatic carbocycles. The molecule has 0 spiro atoms. The van der Waals surface area contributed by atoms with Crippen molar-refractivity contribution in [3.63, 3.8) is 0 Å². The maximum Gasteiger partial charge on any atom is 0.343 e. The van der Waals surface area contributed by atoms with E-state index in [-0.39, 0.29) is 5.97 Å². The van der Waals surface area contributed by atoms with Crippen molar-refractivity contribution in [2.24, 2.45) is 0 Å². The molecule has 0 aromatic heterocycles. The minimum absolute atomic E-state index is 0.354. The zero-order valence-electron chi connectivity index (χ0n) is 20.2. The molecule has 0 radical (unpaired) electrons. The summed E-state index contributed by atoms with van der Waals surface area (Å²) in [5.41, 5.74) is 2.26. The molecule has 0 bridgehead atoms. The van der Waals surface area contributed by atoms with Crippen molar-refractivity contribution < 1.29 is 19.0 Å². The van der Waals surface area contributed by atoms with Crippen LogP contribution in [0.2, 0.25) is 0 Å². The molecule has 1 aliphatic heterocycles. The summed E-state index contributed by atoms with van der Waals surface area (Å²) in [5, 5.41) is 0. The van der Waals surface area contributed by atoms with Gasteiger partial charge in [-0.25, -0.2) is 4.79 Å². The largest absolute Gasteiger partial charge is 0.494 e. The van der Waals surface area contributed by atoms with Crippen LogP contribution >= 0.6 is 0 Å². The monoisotopic (exact) mass is 468 g/mol. The molecular weight excluding hydrogens is 436 g/mol. The molecule has 0 unspecified atom stereocenters. The van der Waals surface area contributed by atoms with Gasteiger partial charge in [0.05, 0.1) is 12.2 Å². The van der Waals surface area contributed by atoms with Crippen LogP contribution in [0.25, 0.3) is 11.8 Å². The Morgan fingerprint density at radius 1 is 0.743 bits per heavy atom. The minimum Gasteiger partial charge on any atom is -0.494 e. The number of benzene rings is 3. The van der Waals surface area contributed by atoms with Crippen LogP contribution in [0.1, 0.15) is 56.6 Å². The Bertz CT molecular complexity index is 1140. The highest BCUT2D eigenvalue weighted by molar-refractivity contribution is 6.05. The fourth-order valence-corrected chi connectivity index (χ4v) is 3.86. The minimum atomic E-state index is -0.354. The molecule has 4 heteroatoms. The van der Waals surface area contributed by atoms with Crippen molar-refractivity contribution in [3.05, 3.63) is 102 Å². The Kier molecular flexibility index (Phi) is 8.77. The number of ether oxygens (including phenoxy) is 3. The van der Waals surface area contributed by atoms with Crippen LogP contribution in [0.3, 0.4) is 0 Å². The standard InChI is InChI=1S/C31H32O4/c1-2-3-4-5-6-10-21-33-27-17-13-24(14-18-27)22-26-23-30(35-31(26)32)25-15-19-29(20-16-25)34-28-11-8-7-9-12-28/h7-9,11-20,22-23H,2-6,10,21H2,1H3/b26-22+. The van der Waals surface area contributed by atoms with Gasteiger partial charge in [0.1, 0.15) is 23.0 Å². The first-order valence-corrected chi connectivity index (χ1v) is 12.4. The van der Waals surface area contributed by atoms with E-state index in [1.165, 1.54) is 32.1 Å². The molecule has 0 amide bonds. The van der Waals surface area contributed by atoms with Crippen molar-refractivity contribution in [3.8, 4) is 17.2 Å². The van der Waals surface area contributed by atoms with E-state index in [2.05, 4.69) is 6.92 Å². The highest BCUT2D eigenvalue weighted by Crippen LogP contribution is 2.30. The molecule has 1 aliphatic rings. The van der Waals surface area contributed by atoms with Crippen LogP contribution in [-0.2, 0) is 9.53 Å². The number of cyclic esters (lactones) is 1. The second-order valence-corrected chi connectivity index (χ2v) is 8.62. The van der Waals surface area contributed by atoms with E-state index in [1.54, 1.807) is 6.08 Å². The van der Waals surface area contributed by atoms with Gasteiger partial charge in [0.2, 0.25) is 0 Å². The van der Waals surface area contributed by atoms with Gasteiger partial charge in [-0.1, -0.05) is 69.4 Å². The predicted octanol–water partition coefficient (Wildman–Crippen LogP) is 8.20. The Balaban J connectivity index is 1.31. The van der Waals surface area contributed by atoms with E-state index in [1.807, 2.05) is 84.9 Å². The molecule has 1 heterocycles. The van der Waals surface area contributed by atoms with Crippen molar-refractivity contribution in [2.45, 2.75) is 45.4 Å². The first kappa shape index (κ1) is 24.3. The number of para-hydroxylation sites is 1. The number of carbonyl (C=O) groups excluding carboxylic acids is 1. The van der Waals surface area contributed by atoms with Gasteiger partial charge in [0.25, 0.3) is 0 Å². The van der Waals surface area contributed by atoms with Crippen LogP contribution in [0.4, 0.5) is 0 Å². The average Bonchev–Trinajstić information content (AvgIpc) is 3.25. The van der Waals surface area contributed by atoms with Gasteiger partial charge >= 0.3 is 5.97 Å². The number of hydrogen-bond donors (Lipinski definition) is 0. The lowest BCUT2D eigenvalue weighted by Crippen LogP contribution is -1.98. The zero-order chi connectivity index (χ0) is 24.3. The number of carbonyl (C=O) groups is 1. The second kappa shape index (κ2) is 12.6. The van der Waals surface area contributed by atoms with Crippen molar-refractivity contribution in [1.29, 1.82) is 0 Å². The summed E-state index contributed by atoms with van der Waals surface area (Å²) in [5.74, 6) is 2.53. The molecule has 4 rings (SSSR count). The zero-order valence-corrected chi connectivity index (χ0v) is 20.2. The maximum atomic E-state index is 12.4. The molecule has 0 atom stereocenters. The smallest absolute Gasteiger partial charge is 0.343 e. The SMILES string of the molecule is CCCCCCCCOc1ccc(/C=C2\C=C(c3ccc(Oc4ccccc4)cc3)OC2=O)cc1. The van der Waals surface area contributed by atoms with E-state index >= 15 is 0 Å². The van der Waals surface area contributed by atoms with Gasteiger partial charge < -0.3 is 14.2 Å². The van der Waals surface area contributed by atoms with Crippen LogP contribution in [0, 0.1) is 0 Å². The molecule has 35 heavy (non-hydrogen) atoms. The maximum absolute atomic E-state index is 12.4. The highest BCUT2D eigenvalue weighted by atomic mass is 16.5. The molecule has 0 fully saturated rings. The van der Waals surface area contributed by atoms with E-state index < -0.39 is 0 Å². The molecule has 180 valence electrons. The third-order valence-corrected chi connectivity index (χ3v) is 5.81. The normalized spacial score (nSPS) is 14.0. The fourth-order valence-electron chi connectivity index (χ4n) is 3.86. The summed E-state index contributed by atoms with van der Waals surface area (Å²) in [4.78, 5) is 12.4. The van der Waals surface area contributed by atoms with E-state index in [0.29, 0.717) is 11.3 Å². The lowest BCUT2D eigenvalue weighted by atomic mass is 10.1. The Hall–Kier alpha value is -3.79. The first-order chi connectivity index (χ1) is 17.2. The van der Waals surface area contributed by atoms with E-state index in [0.717, 1.165) is 41.4 Å². The van der Waals surface area contributed by atoms with E-state index in [4.69, 9.17) is 14.2 Å². The molecule has 0 saturated carbocycles. The summed E-state index contributed by atoms with van der Waals surface area (Å²) in [6, 6.07) is 24.9. The molecule has 0 saturated heterocycles. The Morgan fingerprint density at radius 2 is 1.40 bits per heavy atom. The van der Waals surface area contributed by atoms with Gasteiger partial charge in [0, 0.05) is 5.56 Å². The number of hydrogen-bond acceptors (Lipinski definition) is 4. The van der Waals surface area contributed by atoms with Crippen molar-refractivity contribution >= 4 is 17.8 Å². The summed E-state index contributed by atoms with van der Waals surface area (Å²) in [6.07, 6.45) is 11.1. The van der Waals surface area contributed by atoms with Crippen LogP contribution < -0.4 is 9.47 Å². The topological polar surface area (TPSA) is 44.8 Å². The van der Waals surface area contributed by atoms with Gasteiger partial charge in [-0.2, -0.15) is 0 Å². The van der Waals surface area contributed by atoms with E-state index in [9.17, 15) is 4.79 Å². The molecular formula is C31H32O4. The lowest BCUT2D eigenvalue weighted by Gasteiger charge is -2.07. The van der Waals surface area contributed by atoms with Gasteiger partial charge in [-0.3, -0.25) is 0 Å². The Labute approximate surface area is 207 Å². The summed E-state index contributed by atoms with van der Waals surface area (Å²) in [7, 11) is 0. The average molecular weight is 469 g/mol. The number of rotatable bonds is 12. The lowest BCUT2D eigenvalue weighted by molar-refractivity contribution is -0.130. The molecule has 0 N–H and O–H groups in total. The van der Waals surface area contributed by atoms with Crippen molar-refractivity contribution in [1.82, 2.24) is 0 Å². The highest BCUT2D eigenvalue weighted by Gasteiger charge is 2.22. The summed E-state index contributed by atoms with van der Waals surface area (Å²) in [6.45, 7) is 2.97. The first-order valence-electron chi connectivity index (χ1n) is 12.4.